The van der Waals surface area contributed by atoms with Crippen molar-refractivity contribution in [2.45, 2.75) is 199 Å². The van der Waals surface area contributed by atoms with E-state index in [1.165, 1.54) is 0 Å². The van der Waals surface area contributed by atoms with Gasteiger partial charge in [-0.05, 0) is 25.7 Å². The van der Waals surface area contributed by atoms with Crippen LogP contribution in [-0.4, -0.2) is 204 Å². The van der Waals surface area contributed by atoms with Gasteiger partial charge in [0.2, 0.25) is 11.8 Å². The van der Waals surface area contributed by atoms with Gasteiger partial charge in [0.05, 0.1) is 24.3 Å². The van der Waals surface area contributed by atoms with Gasteiger partial charge in [-0.2, -0.15) is 0 Å². The highest BCUT2D eigenvalue weighted by Gasteiger charge is 2.50. The number of ether oxygens (including phenoxy) is 6. The first-order valence-electron chi connectivity index (χ1n) is 22.9. The Balaban J connectivity index is 1.02. The Morgan fingerprint density at radius 2 is 0.797 bits per heavy atom. The average molecular weight is 925 g/mol. The highest BCUT2D eigenvalue weighted by atomic mass is 16.7. The summed E-state index contributed by atoms with van der Waals surface area (Å²) in [5.74, 6) is -0.756. The number of hydrogen-bond donors (Lipinski definition) is 16. The lowest BCUT2D eigenvalue weighted by atomic mass is 9.84. The first-order valence-corrected chi connectivity index (χ1v) is 22.9. The van der Waals surface area contributed by atoms with E-state index in [-0.39, 0.29) is 51.0 Å². The maximum atomic E-state index is 12.6. The standard InChI is InChI=1S/C40H80N10O14/c41-15-23-31(55)33(57)27(47)39(61-23)63-35-21(45)13-19(43)29(53)37(35)59-17-25(51)49-11-9-7-5-3-1-2-4-6-8-10-12-50-26(52)18-60-38-30(54)20(44)14-22(46)36(38)64-40-28(48)34(58)32(56)24(16-42)62-40/h19-24,27-40,53-58H,1-18,41-48H2,(H,49,51)(H,50,52)/t19-,20-,21+,22+,23-,24-,27-,28-,29+,30+,31-,32-,33-,34-,35-,36-,37-,38-,39-,40-/m1/s1. The van der Waals surface area contributed by atoms with Gasteiger partial charge in [-0.3, -0.25) is 9.59 Å². The molecule has 24 N–H and O–H groups in total. The molecule has 2 aliphatic carbocycles. The molecule has 0 bridgehead atoms. The lowest BCUT2D eigenvalue weighted by Crippen LogP contribution is -2.68. The van der Waals surface area contributed by atoms with Crippen molar-refractivity contribution < 1.29 is 68.6 Å². The van der Waals surface area contributed by atoms with E-state index < -0.39 is 122 Å². The number of nitrogens with one attached hydrogen (secondary N) is 2. The molecule has 4 fully saturated rings. The Morgan fingerprint density at radius 3 is 1.12 bits per heavy atom. The van der Waals surface area contributed by atoms with E-state index in [9.17, 15) is 40.2 Å². The first kappa shape index (κ1) is 54.7. The second-order valence-electron chi connectivity index (χ2n) is 17.8. The summed E-state index contributed by atoms with van der Waals surface area (Å²) in [6, 6.07) is -5.13. The van der Waals surface area contributed by atoms with Gasteiger partial charge in [-0.1, -0.05) is 51.4 Å². The van der Waals surface area contributed by atoms with Crippen LogP contribution in [0, 0.1) is 0 Å². The smallest absolute Gasteiger partial charge is 0.246 e. The molecule has 4 rings (SSSR count). The Hall–Kier alpha value is -1.86. The van der Waals surface area contributed by atoms with Crippen LogP contribution in [0.3, 0.4) is 0 Å². The van der Waals surface area contributed by atoms with Crippen LogP contribution in [0.25, 0.3) is 0 Å². The summed E-state index contributed by atoms with van der Waals surface area (Å²) in [6.07, 6.45) is -5.95. The summed E-state index contributed by atoms with van der Waals surface area (Å²) in [5, 5.41) is 68.4. The molecule has 0 spiro atoms. The third kappa shape index (κ3) is 15.3. The van der Waals surface area contributed by atoms with Crippen LogP contribution in [0.1, 0.15) is 77.0 Å². The van der Waals surface area contributed by atoms with E-state index in [0.29, 0.717) is 13.1 Å². The molecule has 24 heteroatoms. The Morgan fingerprint density at radius 1 is 0.469 bits per heavy atom. The molecule has 24 nitrogen and oxygen atoms in total. The fourth-order valence-electron chi connectivity index (χ4n) is 8.70. The van der Waals surface area contributed by atoms with E-state index in [1.54, 1.807) is 0 Å². The van der Waals surface area contributed by atoms with E-state index in [0.717, 1.165) is 64.2 Å². The summed E-state index contributed by atoms with van der Waals surface area (Å²) in [6.45, 7) is -0.0171. The maximum Gasteiger partial charge on any atom is 0.246 e. The van der Waals surface area contributed by atoms with Crippen molar-refractivity contribution in [2.24, 2.45) is 45.9 Å². The molecular weight excluding hydrogens is 844 g/mol. The number of unbranched alkanes of at least 4 members (excludes halogenated alkanes) is 9. The first-order chi connectivity index (χ1) is 30.5. The molecule has 20 atom stereocenters. The van der Waals surface area contributed by atoms with Gasteiger partial charge in [0.25, 0.3) is 0 Å². The molecule has 0 aromatic carbocycles. The van der Waals surface area contributed by atoms with Crippen LogP contribution in [0.4, 0.5) is 0 Å². The highest BCUT2D eigenvalue weighted by Crippen LogP contribution is 2.30. The molecule has 2 saturated carbocycles. The number of carbonyl (C=O) groups is 2. The predicted octanol–water partition coefficient (Wildman–Crippen LogP) is -7.04. The number of rotatable bonds is 25. The van der Waals surface area contributed by atoms with Gasteiger partial charge in [0.15, 0.2) is 12.6 Å². The van der Waals surface area contributed by atoms with E-state index in [1.807, 2.05) is 0 Å². The van der Waals surface area contributed by atoms with Gasteiger partial charge in [-0.15, -0.1) is 0 Å². The monoisotopic (exact) mass is 925 g/mol. The molecule has 374 valence electrons. The molecule has 64 heavy (non-hydrogen) atoms. The van der Waals surface area contributed by atoms with Crippen LogP contribution in [-0.2, 0) is 38.0 Å². The average Bonchev–Trinajstić information content (AvgIpc) is 3.26. The molecule has 0 radical (unpaired) electrons. The zero-order valence-electron chi connectivity index (χ0n) is 36.8. The molecule has 2 aliphatic heterocycles. The fourth-order valence-corrected chi connectivity index (χ4v) is 8.70. The van der Waals surface area contributed by atoms with E-state index in [2.05, 4.69) is 10.6 Å². The molecule has 2 saturated heterocycles. The Bertz CT molecular complexity index is 1270. The predicted molar refractivity (Wildman–Crippen MR) is 230 cm³/mol. The third-order valence-electron chi connectivity index (χ3n) is 12.7. The van der Waals surface area contributed by atoms with Crippen LogP contribution >= 0.6 is 0 Å². The second-order valence-corrected chi connectivity index (χ2v) is 17.8. The quantitative estimate of drug-likeness (QED) is 0.0378. The third-order valence-corrected chi connectivity index (χ3v) is 12.7. The molecule has 2 heterocycles. The number of carbonyl (C=O) groups excluding carboxylic acids is 2. The van der Waals surface area contributed by atoms with Crippen molar-refractivity contribution in [1.29, 1.82) is 0 Å². The van der Waals surface area contributed by atoms with Crippen molar-refractivity contribution in [3.63, 3.8) is 0 Å². The highest BCUT2D eigenvalue weighted by molar-refractivity contribution is 5.77. The van der Waals surface area contributed by atoms with Gasteiger partial charge in [-0.25, -0.2) is 0 Å². The minimum absolute atomic E-state index is 0.0978. The van der Waals surface area contributed by atoms with Crippen LogP contribution < -0.4 is 56.5 Å². The summed E-state index contributed by atoms with van der Waals surface area (Å²) in [5.41, 5.74) is 48.2. The van der Waals surface area contributed by atoms with Crippen LogP contribution in [0.2, 0.25) is 0 Å². The number of aliphatic hydroxyl groups excluding tert-OH is 6. The minimum atomic E-state index is -1.37. The Labute approximate surface area is 375 Å². The van der Waals surface area contributed by atoms with Gasteiger partial charge >= 0.3 is 0 Å². The summed E-state index contributed by atoms with van der Waals surface area (Å²) < 4.78 is 35.0. The van der Waals surface area contributed by atoms with Gasteiger partial charge < -0.3 is 116 Å². The molecule has 0 unspecified atom stereocenters. The zero-order chi connectivity index (χ0) is 47.1. The zero-order valence-corrected chi connectivity index (χ0v) is 36.8. The van der Waals surface area contributed by atoms with Gasteiger partial charge in [0, 0.05) is 50.3 Å². The second kappa shape index (κ2) is 27.2. The molecule has 2 amide bonds. The number of aliphatic hydroxyl groups is 6. The number of amides is 2. The van der Waals surface area contributed by atoms with Crippen molar-refractivity contribution in [1.82, 2.24) is 10.6 Å². The number of nitrogens with two attached hydrogens (primary N) is 8. The van der Waals surface area contributed by atoms with Crippen LogP contribution in [0.5, 0.6) is 0 Å². The SMILES string of the molecule is NC[C@H]1O[C@H](O[C@H]2[C@H](OCC(=O)NCCCCCCCCCCCCNC(=O)CO[C@@H]3[C@@H](O)[C@H](N)C[C@H](N)[C@H]3O[C@H]3O[C@H](CN)[C@@H](O)[C@H](O)[C@H]3N)[C@@H](O)[C@H](N)C[C@@H]2N)[C@H](N)[C@@H](O)[C@@H]1O. The normalized spacial score (nSPS) is 40.5. The summed E-state index contributed by atoms with van der Waals surface area (Å²) in [4.78, 5) is 25.2. The van der Waals surface area contributed by atoms with E-state index >= 15 is 0 Å². The summed E-state index contributed by atoms with van der Waals surface area (Å²) >= 11 is 0. The Kier molecular flexibility index (Phi) is 23.3. The number of hydrogen-bond acceptors (Lipinski definition) is 22. The largest absolute Gasteiger partial charge is 0.389 e. The van der Waals surface area contributed by atoms with Crippen molar-refractivity contribution in [3.8, 4) is 0 Å². The van der Waals surface area contributed by atoms with Crippen molar-refractivity contribution >= 4 is 11.8 Å². The lowest BCUT2D eigenvalue weighted by molar-refractivity contribution is -0.290. The van der Waals surface area contributed by atoms with Crippen LogP contribution in [0.15, 0.2) is 0 Å². The maximum absolute atomic E-state index is 12.6. The molecule has 0 aromatic heterocycles. The van der Waals surface area contributed by atoms with E-state index in [4.69, 9.17) is 74.3 Å². The molecule has 4 aliphatic rings. The summed E-state index contributed by atoms with van der Waals surface area (Å²) in [7, 11) is 0. The minimum Gasteiger partial charge on any atom is -0.389 e. The van der Waals surface area contributed by atoms with Crippen molar-refractivity contribution in [2.75, 3.05) is 39.4 Å². The molecular formula is C40H80N10O14. The van der Waals surface area contributed by atoms with Crippen molar-refractivity contribution in [3.05, 3.63) is 0 Å². The topological polar surface area (TPSA) is 443 Å². The van der Waals surface area contributed by atoms with Gasteiger partial charge in [0.1, 0.15) is 74.3 Å². The lowest BCUT2D eigenvalue weighted by Gasteiger charge is -2.46. The molecule has 0 aromatic rings. The fraction of sp³-hybridized carbons (Fsp3) is 0.950.